The number of imidazole rings is 1. The first-order chi connectivity index (χ1) is 11.6. The van der Waals surface area contributed by atoms with E-state index < -0.39 is 6.10 Å². The molecule has 1 atom stereocenters. The van der Waals surface area contributed by atoms with Gasteiger partial charge < -0.3 is 19.1 Å². The Bertz CT molecular complexity index is 686. The van der Waals surface area contributed by atoms with E-state index in [1.54, 1.807) is 17.2 Å². The monoisotopic (exact) mass is 332 g/mol. The number of aromatic nitrogens is 3. The number of aryl methyl sites for hydroxylation is 2. The number of rotatable bonds is 5. The maximum absolute atomic E-state index is 12.5. The van der Waals surface area contributed by atoms with Crippen LogP contribution in [0.3, 0.4) is 0 Å². The van der Waals surface area contributed by atoms with Gasteiger partial charge in [0.05, 0.1) is 0 Å². The molecule has 0 unspecified atom stereocenters. The third-order valence-corrected chi connectivity index (χ3v) is 4.67. The van der Waals surface area contributed by atoms with Gasteiger partial charge in [-0.15, -0.1) is 0 Å². The molecule has 2 aromatic heterocycles. The number of aliphatic hydroxyl groups excluding tert-OH is 1. The highest BCUT2D eigenvalue weighted by molar-refractivity contribution is 5.92. The van der Waals surface area contributed by atoms with Crippen LogP contribution in [-0.4, -0.2) is 43.7 Å². The number of nitrogens with zero attached hydrogens (tertiary/aromatic N) is 4. The molecule has 1 fully saturated rings. The van der Waals surface area contributed by atoms with Crippen LogP contribution in [0.2, 0.25) is 0 Å². The lowest BCUT2D eigenvalue weighted by Crippen LogP contribution is -2.40. The van der Waals surface area contributed by atoms with Crippen molar-refractivity contribution in [2.45, 2.75) is 38.7 Å². The number of aliphatic hydroxyl groups is 1. The van der Waals surface area contributed by atoms with E-state index in [1.807, 2.05) is 17.8 Å². The van der Waals surface area contributed by atoms with Gasteiger partial charge in [0.25, 0.3) is 5.91 Å². The first-order valence-corrected chi connectivity index (χ1v) is 8.50. The number of hydrogen-bond donors (Lipinski definition) is 1. The molecule has 1 aliphatic rings. The summed E-state index contributed by atoms with van der Waals surface area (Å²) < 4.78 is 7.03. The lowest BCUT2D eigenvalue weighted by atomic mass is 9.90. The van der Waals surface area contributed by atoms with Gasteiger partial charge in [0.15, 0.2) is 5.69 Å². The molecule has 130 valence electrons. The number of amides is 1. The van der Waals surface area contributed by atoms with E-state index in [2.05, 4.69) is 17.1 Å². The highest BCUT2D eigenvalue weighted by Gasteiger charge is 2.31. The molecule has 0 aliphatic carbocycles. The molecule has 3 rings (SSSR count). The summed E-state index contributed by atoms with van der Waals surface area (Å²) in [4.78, 5) is 18.5. The Kier molecular flexibility index (Phi) is 4.99. The first kappa shape index (κ1) is 16.7. The van der Waals surface area contributed by atoms with Crippen LogP contribution in [0.4, 0.5) is 0 Å². The molecular weight excluding hydrogens is 308 g/mol. The van der Waals surface area contributed by atoms with E-state index in [-0.39, 0.29) is 11.8 Å². The van der Waals surface area contributed by atoms with Crippen molar-refractivity contribution in [3.8, 4) is 0 Å². The van der Waals surface area contributed by atoms with Gasteiger partial charge in [0, 0.05) is 45.0 Å². The van der Waals surface area contributed by atoms with Gasteiger partial charge in [0.2, 0.25) is 0 Å². The minimum Gasteiger partial charge on any atom is -0.385 e. The molecule has 0 bridgehead atoms. The van der Waals surface area contributed by atoms with Gasteiger partial charge in [-0.25, -0.2) is 4.98 Å². The fraction of sp³-hybridized carbons (Fsp3) is 0.588. The molecule has 2 aromatic rings. The smallest absolute Gasteiger partial charge is 0.276 e. The second kappa shape index (κ2) is 7.17. The minimum absolute atomic E-state index is 0.0916. The lowest BCUT2D eigenvalue weighted by Gasteiger charge is -2.33. The fourth-order valence-corrected chi connectivity index (χ4v) is 3.23. The zero-order valence-corrected chi connectivity index (χ0v) is 14.2. The third kappa shape index (κ3) is 3.36. The topological polar surface area (TPSA) is 84.4 Å². The third-order valence-electron chi connectivity index (χ3n) is 4.67. The van der Waals surface area contributed by atoms with E-state index in [1.165, 1.54) is 0 Å². The molecule has 7 heteroatoms. The zero-order valence-electron chi connectivity index (χ0n) is 14.2. The summed E-state index contributed by atoms with van der Waals surface area (Å²) >= 11 is 0. The number of hydrogen-bond acceptors (Lipinski definition) is 5. The maximum atomic E-state index is 12.5. The molecule has 3 heterocycles. The SMILES string of the molecule is CCCc1cc(C(=O)N2CCC([C@H](O)c3nccn3C)CC2)no1. The van der Waals surface area contributed by atoms with Gasteiger partial charge in [-0.3, -0.25) is 4.79 Å². The highest BCUT2D eigenvalue weighted by Crippen LogP contribution is 2.30. The summed E-state index contributed by atoms with van der Waals surface area (Å²) in [5, 5.41) is 14.4. The average Bonchev–Trinajstić information content (AvgIpc) is 3.23. The predicted octanol–water partition coefficient (Wildman–Crippen LogP) is 1.95. The number of piperidine rings is 1. The van der Waals surface area contributed by atoms with Crippen LogP contribution in [0, 0.1) is 5.92 Å². The second-order valence-corrected chi connectivity index (χ2v) is 6.40. The van der Waals surface area contributed by atoms with Crippen LogP contribution in [0.25, 0.3) is 0 Å². The van der Waals surface area contributed by atoms with Crippen LogP contribution in [0.5, 0.6) is 0 Å². The first-order valence-electron chi connectivity index (χ1n) is 8.50. The fourth-order valence-electron chi connectivity index (χ4n) is 3.23. The molecule has 1 amide bonds. The Morgan fingerprint density at radius 3 is 2.83 bits per heavy atom. The molecule has 1 N–H and O–H groups in total. The van der Waals surface area contributed by atoms with Crippen molar-refractivity contribution in [3.63, 3.8) is 0 Å². The molecule has 24 heavy (non-hydrogen) atoms. The largest absolute Gasteiger partial charge is 0.385 e. The summed E-state index contributed by atoms with van der Waals surface area (Å²) in [6, 6.07) is 1.74. The Hall–Kier alpha value is -2.15. The molecule has 0 radical (unpaired) electrons. The van der Waals surface area contributed by atoms with Gasteiger partial charge in [-0.1, -0.05) is 12.1 Å². The molecule has 0 saturated carbocycles. The van der Waals surface area contributed by atoms with Crippen molar-refractivity contribution in [1.82, 2.24) is 19.6 Å². The van der Waals surface area contributed by atoms with E-state index in [4.69, 9.17) is 4.52 Å². The number of carbonyl (C=O) groups excluding carboxylic acids is 1. The number of carbonyl (C=O) groups is 1. The summed E-state index contributed by atoms with van der Waals surface area (Å²) in [6.45, 7) is 3.28. The van der Waals surface area contributed by atoms with E-state index in [0.717, 1.165) is 31.4 Å². The van der Waals surface area contributed by atoms with Gasteiger partial charge in [0.1, 0.15) is 17.7 Å². The van der Waals surface area contributed by atoms with Gasteiger partial charge in [-0.2, -0.15) is 0 Å². The molecule has 1 aliphatic heterocycles. The Labute approximate surface area is 141 Å². The van der Waals surface area contributed by atoms with Crippen molar-refractivity contribution in [2.24, 2.45) is 13.0 Å². The van der Waals surface area contributed by atoms with Gasteiger partial charge in [-0.05, 0) is 25.2 Å². The second-order valence-electron chi connectivity index (χ2n) is 6.40. The van der Waals surface area contributed by atoms with Crippen molar-refractivity contribution in [1.29, 1.82) is 0 Å². The Morgan fingerprint density at radius 1 is 1.46 bits per heavy atom. The lowest BCUT2D eigenvalue weighted by molar-refractivity contribution is 0.0414. The van der Waals surface area contributed by atoms with E-state index in [9.17, 15) is 9.90 Å². The normalized spacial score (nSPS) is 17.2. The van der Waals surface area contributed by atoms with Crippen molar-refractivity contribution in [2.75, 3.05) is 13.1 Å². The standard InChI is InChI=1S/C17H24N4O3/c1-3-4-13-11-14(19-24-13)17(23)21-8-5-12(6-9-21)15(22)16-18-7-10-20(16)2/h7,10-12,15,22H,3-6,8-9H2,1-2H3/t15-/m0/s1. The Morgan fingerprint density at radius 2 is 2.21 bits per heavy atom. The predicted molar refractivity (Wildman–Crippen MR) is 87.3 cm³/mol. The maximum Gasteiger partial charge on any atom is 0.276 e. The summed E-state index contributed by atoms with van der Waals surface area (Å²) in [7, 11) is 1.88. The molecular formula is C17H24N4O3. The molecule has 0 aromatic carbocycles. The van der Waals surface area contributed by atoms with Crippen molar-refractivity contribution in [3.05, 3.63) is 35.7 Å². The summed E-state index contributed by atoms with van der Waals surface area (Å²) in [5.41, 5.74) is 0.376. The average molecular weight is 332 g/mol. The zero-order chi connectivity index (χ0) is 17.1. The van der Waals surface area contributed by atoms with E-state index >= 15 is 0 Å². The quantitative estimate of drug-likeness (QED) is 0.904. The van der Waals surface area contributed by atoms with Crippen LogP contribution in [-0.2, 0) is 13.5 Å². The van der Waals surface area contributed by atoms with Crippen LogP contribution in [0.15, 0.2) is 23.0 Å². The van der Waals surface area contributed by atoms with Crippen LogP contribution >= 0.6 is 0 Å². The minimum atomic E-state index is -0.592. The van der Waals surface area contributed by atoms with Crippen LogP contribution in [0.1, 0.15) is 54.4 Å². The Balaban J connectivity index is 1.58. The van der Waals surface area contributed by atoms with Crippen molar-refractivity contribution >= 4 is 5.91 Å². The summed E-state index contributed by atoms with van der Waals surface area (Å²) in [5.74, 6) is 1.45. The van der Waals surface area contributed by atoms with Gasteiger partial charge >= 0.3 is 0 Å². The summed E-state index contributed by atoms with van der Waals surface area (Å²) in [6.07, 6.45) is 6.17. The molecule has 7 nitrogen and oxygen atoms in total. The number of likely N-dealkylation sites (tertiary alicyclic amines) is 1. The van der Waals surface area contributed by atoms with E-state index in [0.29, 0.717) is 24.6 Å². The molecule has 0 spiro atoms. The van der Waals surface area contributed by atoms with Crippen LogP contribution < -0.4 is 0 Å². The molecule has 1 saturated heterocycles. The van der Waals surface area contributed by atoms with Crippen molar-refractivity contribution < 1.29 is 14.4 Å². The highest BCUT2D eigenvalue weighted by atomic mass is 16.5.